The van der Waals surface area contributed by atoms with E-state index in [9.17, 15) is 0 Å². The highest BCUT2D eigenvalue weighted by molar-refractivity contribution is 5.91. The molecule has 0 saturated heterocycles. The molecule has 0 radical (unpaired) electrons. The standard InChI is InChI=1S/C63H51N/c1-61(2)55-18-12-10-16-49(55)52-33-29-46(37-58(52)61)64(47-30-34-53-50-17-11-13-19-56(50)62(3,4)59(53)38-47)48-31-35-54-51-32-28-45(36-57(51)63(5,6)60(54)39-48)44-26-24-43(25-27-44)42-22-20-41(21-23-42)40-14-8-7-9-15-40/h7-39H,1-6H3. The van der Waals surface area contributed by atoms with E-state index in [0.717, 1.165) is 0 Å². The zero-order valence-corrected chi connectivity index (χ0v) is 37.5. The SMILES string of the molecule is CC1(C)c2ccccc2-c2ccc(N(c3ccc4c(c3)C(C)(C)c3ccccc3-4)c3ccc4c(c3)C(C)(C)c3cc(-c5ccc(-c6ccc(-c7ccccc7)cc6)cc5)ccc3-4)cc21. The van der Waals surface area contributed by atoms with Crippen LogP contribution in [-0.4, -0.2) is 0 Å². The molecule has 0 heterocycles. The molecule has 0 atom stereocenters. The quantitative estimate of drug-likeness (QED) is 0.161. The van der Waals surface area contributed by atoms with Gasteiger partial charge in [-0.05, 0) is 143 Å². The van der Waals surface area contributed by atoms with Crippen LogP contribution >= 0.6 is 0 Å². The summed E-state index contributed by atoms with van der Waals surface area (Å²) < 4.78 is 0. The highest BCUT2D eigenvalue weighted by Gasteiger charge is 2.39. The maximum absolute atomic E-state index is 2.51. The van der Waals surface area contributed by atoms with Crippen molar-refractivity contribution < 1.29 is 0 Å². The van der Waals surface area contributed by atoms with Crippen LogP contribution in [0.4, 0.5) is 17.1 Å². The van der Waals surface area contributed by atoms with Gasteiger partial charge in [0.15, 0.2) is 0 Å². The van der Waals surface area contributed by atoms with Crippen LogP contribution in [0, 0.1) is 0 Å². The summed E-state index contributed by atoms with van der Waals surface area (Å²) in [7, 11) is 0. The first-order valence-corrected chi connectivity index (χ1v) is 22.8. The van der Waals surface area contributed by atoms with Gasteiger partial charge in [-0.25, -0.2) is 0 Å². The number of benzene rings is 9. The van der Waals surface area contributed by atoms with Gasteiger partial charge >= 0.3 is 0 Å². The first-order chi connectivity index (χ1) is 31.0. The molecular weight excluding hydrogens is 771 g/mol. The van der Waals surface area contributed by atoms with E-state index >= 15 is 0 Å². The van der Waals surface area contributed by atoms with E-state index in [-0.39, 0.29) is 16.2 Å². The van der Waals surface area contributed by atoms with Crippen molar-refractivity contribution in [2.24, 2.45) is 0 Å². The molecule has 9 aromatic carbocycles. The van der Waals surface area contributed by atoms with Crippen molar-refractivity contribution in [3.8, 4) is 66.8 Å². The molecule has 0 fully saturated rings. The second-order valence-electron chi connectivity index (χ2n) is 19.8. The zero-order chi connectivity index (χ0) is 43.5. The molecule has 12 rings (SSSR count). The summed E-state index contributed by atoms with van der Waals surface area (Å²) in [4.78, 5) is 2.51. The Labute approximate surface area is 378 Å². The Kier molecular flexibility index (Phi) is 8.35. The Hall–Kier alpha value is -7.22. The van der Waals surface area contributed by atoms with Gasteiger partial charge in [0.05, 0.1) is 0 Å². The molecule has 0 amide bonds. The molecule has 0 saturated carbocycles. The first kappa shape index (κ1) is 38.5. The van der Waals surface area contributed by atoms with Crippen molar-refractivity contribution in [2.75, 3.05) is 4.90 Å². The minimum atomic E-state index is -0.202. The smallest absolute Gasteiger partial charge is 0.0465 e. The van der Waals surface area contributed by atoms with E-state index in [1.54, 1.807) is 0 Å². The van der Waals surface area contributed by atoms with Crippen molar-refractivity contribution >= 4 is 17.1 Å². The molecule has 64 heavy (non-hydrogen) atoms. The van der Waals surface area contributed by atoms with Gasteiger partial charge in [0.1, 0.15) is 0 Å². The topological polar surface area (TPSA) is 3.24 Å². The summed E-state index contributed by atoms with van der Waals surface area (Å²) in [6.07, 6.45) is 0. The van der Waals surface area contributed by atoms with Crippen LogP contribution in [0.2, 0.25) is 0 Å². The molecule has 0 aromatic heterocycles. The van der Waals surface area contributed by atoms with Crippen LogP contribution in [0.15, 0.2) is 200 Å². The van der Waals surface area contributed by atoms with E-state index in [4.69, 9.17) is 0 Å². The number of hydrogen-bond acceptors (Lipinski definition) is 1. The van der Waals surface area contributed by atoms with Gasteiger partial charge in [-0.2, -0.15) is 0 Å². The number of rotatable bonds is 6. The average Bonchev–Trinajstić information content (AvgIpc) is 3.81. The largest absolute Gasteiger partial charge is 0.310 e. The molecule has 0 unspecified atom stereocenters. The first-order valence-electron chi connectivity index (χ1n) is 22.8. The number of nitrogens with zero attached hydrogens (tertiary/aromatic N) is 1. The summed E-state index contributed by atoms with van der Waals surface area (Å²) in [5.41, 5.74) is 26.8. The lowest BCUT2D eigenvalue weighted by molar-refractivity contribution is 0.659. The number of fused-ring (bicyclic) bond motifs is 9. The Morgan fingerprint density at radius 1 is 0.234 bits per heavy atom. The Morgan fingerprint density at radius 2 is 0.516 bits per heavy atom. The highest BCUT2D eigenvalue weighted by atomic mass is 15.1. The molecule has 0 bridgehead atoms. The summed E-state index contributed by atoms with van der Waals surface area (Å²) in [5, 5.41) is 0. The number of anilines is 3. The molecular formula is C63H51N. The van der Waals surface area contributed by atoms with Crippen molar-refractivity contribution in [3.63, 3.8) is 0 Å². The van der Waals surface area contributed by atoms with E-state index in [1.165, 1.54) is 117 Å². The summed E-state index contributed by atoms with van der Waals surface area (Å²) in [6.45, 7) is 14.3. The lowest BCUT2D eigenvalue weighted by Crippen LogP contribution is -2.19. The average molecular weight is 822 g/mol. The second kappa shape index (κ2) is 13.9. The minimum absolute atomic E-state index is 0.108. The van der Waals surface area contributed by atoms with E-state index in [0.29, 0.717) is 0 Å². The normalized spacial score (nSPS) is 15.1. The van der Waals surface area contributed by atoms with Gasteiger partial charge in [-0.15, -0.1) is 0 Å². The third-order valence-corrected chi connectivity index (χ3v) is 15.1. The van der Waals surface area contributed by atoms with Crippen LogP contribution in [0.1, 0.15) is 74.9 Å². The van der Waals surface area contributed by atoms with Crippen LogP contribution in [-0.2, 0) is 16.2 Å². The Bertz CT molecular complexity index is 3220. The molecule has 308 valence electrons. The predicted molar refractivity (Wildman–Crippen MR) is 270 cm³/mol. The fourth-order valence-corrected chi connectivity index (χ4v) is 11.5. The Balaban J connectivity index is 0.920. The van der Waals surface area contributed by atoms with Crippen molar-refractivity contribution in [1.82, 2.24) is 0 Å². The van der Waals surface area contributed by atoms with Crippen molar-refractivity contribution in [3.05, 3.63) is 234 Å². The summed E-state index contributed by atoms with van der Waals surface area (Å²) in [6, 6.07) is 75.1. The maximum atomic E-state index is 2.51. The van der Waals surface area contributed by atoms with E-state index in [2.05, 4.69) is 247 Å². The second-order valence-corrected chi connectivity index (χ2v) is 19.8. The van der Waals surface area contributed by atoms with Crippen LogP contribution in [0.5, 0.6) is 0 Å². The highest BCUT2D eigenvalue weighted by Crippen LogP contribution is 2.55. The van der Waals surface area contributed by atoms with Gasteiger partial charge in [-0.3, -0.25) is 0 Å². The van der Waals surface area contributed by atoms with Crippen LogP contribution in [0.25, 0.3) is 66.8 Å². The summed E-state index contributed by atoms with van der Waals surface area (Å²) >= 11 is 0. The lowest BCUT2D eigenvalue weighted by atomic mass is 9.81. The van der Waals surface area contributed by atoms with E-state index in [1.807, 2.05) is 0 Å². The third kappa shape index (κ3) is 5.70. The molecule has 3 aliphatic rings. The van der Waals surface area contributed by atoms with Gasteiger partial charge in [0.25, 0.3) is 0 Å². The predicted octanol–water partition coefficient (Wildman–Crippen LogP) is 17.1. The fraction of sp³-hybridized carbons (Fsp3) is 0.143. The molecule has 0 spiro atoms. The molecule has 3 aliphatic carbocycles. The molecule has 0 aliphatic heterocycles. The van der Waals surface area contributed by atoms with Crippen LogP contribution in [0.3, 0.4) is 0 Å². The van der Waals surface area contributed by atoms with Gasteiger partial charge in [-0.1, -0.05) is 199 Å². The van der Waals surface area contributed by atoms with Gasteiger partial charge < -0.3 is 4.90 Å². The molecule has 0 N–H and O–H groups in total. The monoisotopic (exact) mass is 821 g/mol. The van der Waals surface area contributed by atoms with Gasteiger partial charge in [0.2, 0.25) is 0 Å². The maximum Gasteiger partial charge on any atom is 0.0465 e. The van der Waals surface area contributed by atoms with Crippen molar-refractivity contribution in [1.29, 1.82) is 0 Å². The number of hydrogen-bond donors (Lipinski definition) is 0. The molecule has 1 heteroatoms. The minimum Gasteiger partial charge on any atom is -0.310 e. The van der Waals surface area contributed by atoms with Crippen LogP contribution < -0.4 is 4.90 Å². The van der Waals surface area contributed by atoms with Crippen molar-refractivity contribution in [2.45, 2.75) is 57.8 Å². The summed E-state index contributed by atoms with van der Waals surface area (Å²) in [5.74, 6) is 0. The Morgan fingerprint density at radius 3 is 0.938 bits per heavy atom. The fourth-order valence-electron chi connectivity index (χ4n) is 11.5. The zero-order valence-electron chi connectivity index (χ0n) is 37.5. The van der Waals surface area contributed by atoms with E-state index < -0.39 is 0 Å². The van der Waals surface area contributed by atoms with Gasteiger partial charge in [0, 0.05) is 33.3 Å². The third-order valence-electron chi connectivity index (χ3n) is 15.1. The lowest BCUT2D eigenvalue weighted by Gasteiger charge is -2.31. The molecule has 1 nitrogen and oxygen atoms in total. The molecule has 9 aromatic rings.